The lowest BCUT2D eigenvalue weighted by molar-refractivity contribution is -0.372. The molecule has 5 aliphatic rings. The van der Waals surface area contributed by atoms with Gasteiger partial charge in [0, 0.05) is 48.6 Å². The lowest BCUT2D eigenvalue weighted by Gasteiger charge is -2.55. The van der Waals surface area contributed by atoms with Gasteiger partial charge in [0.05, 0.1) is 6.61 Å². The van der Waals surface area contributed by atoms with Crippen molar-refractivity contribution in [3.05, 3.63) is 58.2 Å². The van der Waals surface area contributed by atoms with Crippen LogP contribution in [0.3, 0.4) is 0 Å². The predicted molar refractivity (Wildman–Crippen MR) is 216 cm³/mol. The number of nitrogens with zero attached hydrogens (tertiary/aromatic N) is 2. The van der Waals surface area contributed by atoms with Crippen molar-refractivity contribution in [3.63, 3.8) is 0 Å². The molecule has 0 bridgehead atoms. The maximum absolute atomic E-state index is 14.3. The fourth-order valence-electron chi connectivity index (χ4n) is 7.84. The van der Waals surface area contributed by atoms with Crippen LogP contribution in [0.25, 0.3) is 0 Å². The summed E-state index contributed by atoms with van der Waals surface area (Å²) in [4.78, 5) is 96.5. The average Bonchev–Trinajstić information content (AvgIpc) is 3.50. The Morgan fingerprint density at radius 2 is 1.19 bits per heavy atom. The molecule has 11 atom stereocenters. The van der Waals surface area contributed by atoms with Crippen molar-refractivity contribution in [2.75, 3.05) is 13.2 Å². The normalized spacial score (nSPS) is 32.0. The second kappa shape index (κ2) is 17.9. The molecular formula is C43H56N2O16Si. The summed E-state index contributed by atoms with van der Waals surface area (Å²) < 4.78 is 57.0. The van der Waals surface area contributed by atoms with Gasteiger partial charge >= 0.3 is 17.9 Å². The number of hydrogen-bond acceptors (Lipinski definition) is 16. The molecule has 3 saturated heterocycles. The third kappa shape index (κ3) is 8.93. The Kier molecular flexibility index (Phi) is 13.5. The van der Waals surface area contributed by atoms with Gasteiger partial charge in [-0.3, -0.25) is 43.4 Å². The Balaban J connectivity index is 1.57. The van der Waals surface area contributed by atoms with Gasteiger partial charge in [-0.25, -0.2) is 0 Å². The van der Waals surface area contributed by atoms with E-state index in [4.69, 9.17) is 42.3 Å². The number of amides is 4. The maximum Gasteiger partial charge on any atom is 0.303 e. The Bertz CT molecular complexity index is 2010. The fourth-order valence-corrected chi connectivity index (χ4v) is 8.97. The van der Waals surface area contributed by atoms with Gasteiger partial charge in [0.25, 0.3) is 23.6 Å². The summed E-state index contributed by atoms with van der Waals surface area (Å²) >= 11 is 0. The SMILES string of the molecule is CC(=O)OC[C@H]1O[C@@H](O[C@H]2[C@@H]3O[C@H](c4ccccc4)OC[C@H]3O[C@@H](O[Si](C)(C)C(C)(C)C)[C@@H]2N2C(=O)C(C)=C(C)C2=O)[C@H](N2C(=O)C(C)=C(C)C2=O)[C@@H](OC(C)=O)[C@@H]1OC(C)=O. The van der Waals surface area contributed by atoms with E-state index in [2.05, 4.69) is 0 Å². The highest BCUT2D eigenvalue weighted by molar-refractivity contribution is 6.74. The molecule has 1 aromatic rings. The zero-order chi connectivity index (χ0) is 45.7. The van der Waals surface area contributed by atoms with Crippen molar-refractivity contribution < 1.29 is 75.9 Å². The fraction of sp³-hybridized carbons (Fsp3) is 0.605. The summed E-state index contributed by atoms with van der Waals surface area (Å²) in [5.41, 5.74) is 1.14. The van der Waals surface area contributed by atoms with Gasteiger partial charge in [-0.15, -0.1) is 0 Å². The first-order valence-corrected chi connectivity index (χ1v) is 23.4. The molecule has 1 aromatic carbocycles. The molecule has 0 N–H and O–H groups in total. The standard InChI is InChI=1S/C43H56N2O16Si/c1-20-21(2)37(50)44(36(20)49)30-34(56-26(7)48)32(55-25(6)47)28(18-53-24(5)46)57-41(30)60-35-31(45-38(51)22(3)23(4)39(45)52)42(61-62(11,12)43(8,9)10)58-29-19-54-40(59-33(29)35)27-16-14-13-15-17-27/h13-17,28-35,40-42H,18-19H2,1-12H3/t28-,29-,30-,31-,32-,33-,34-,35-,40-,41+,42+/m1/s1. The highest BCUT2D eigenvalue weighted by atomic mass is 28.4. The van der Waals surface area contributed by atoms with Gasteiger partial charge in [0.15, 0.2) is 39.4 Å². The molecule has 6 rings (SSSR count). The third-order valence-electron chi connectivity index (χ3n) is 12.4. The van der Waals surface area contributed by atoms with E-state index in [1.165, 1.54) is 27.7 Å². The number of hydrogen-bond donors (Lipinski definition) is 0. The van der Waals surface area contributed by atoms with Crippen LogP contribution in [0.2, 0.25) is 18.1 Å². The maximum atomic E-state index is 14.3. The molecule has 5 aliphatic heterocycles. The van der Waals surface area contributed by atoms with Crippen molar-refractivity contribution in [2.24, 2.45) is 0 Å². The largest absolute Gasteiger partial charge is 0.463 e. The molecule has 62 heavy (non-hydrogen) atoms. The molecule has 5 heterocycles. The minimum Gasteiger partial charge on any atom is -0.463 e. The summed E-state index contributed by atoms with van der Waals surface area (Å²) in [7, 11) is -2.84. The van der Waals surface area contributed by atoms with Crippen molar-refractivity contribution in [1.29, 1.82) is 0 Å². The Morgan fingerprint density at radius 1 is 0.694 bits per heavy atom. The Labute approximate surface area is 361 Å². The first kappa shape index (κ1) is 46.9. The lowest BCUT2D eigenvalue weighted by atomic mass is 9.92. The van der Waals surface area contributed by atoms with Gasteiger partial charge in [-0.05, 0) is 45.8 Å². The van der Waals surface area contributed by atoms with Crippen molar-refractivity contribution in [1.82, 2.24) is 9.80 Å². The molecule has 19 heteroatoms. The van der Waals surface area contributed by atoms with Gasteiger partial charge in [-0.2, -0.15) is 0 Å². The molecule has 0 radical (unpaired) electrons. The van der Waals surface area contributed by atoms with Gasteiger partial charge in [0.1, 0.15) is 43.1 Å². The zero-order valence-electron chi connectivity index (χ0n) is 37.1. The van der Waals surface area contributed by atoms with E-state index < -0.39 is 129 Å². The van der Waals surface area contributed by atoms with Crippen molar-refractivity contribution in [2.45, 2.75) is 155 Å². The lowest BCUT2D eigenvalue weighted by Crippen LogP contribution is -2.73. The monoisotopic (exact) mass is 884 g/mol. The minimum absolute atomic E-state index is 0.0770. The summed E-state index contributed by atoms with van der Waals surface area (Å²) in [5.74, 6) is -5.32. The number of carbonyl (C=O) groups excluding carboxylic acids is 7. The smallest absolute Gasteiger partial charge is 0.303 e. The summed E-state index contributed by atoms with van der Waals surface area (Å²) in [5, 5.41) is -0.404. The van der Waals surface area contributed by atoms with Crippen LogP contribution in [0.1, 0.15) is 81.1 Å². The molecule has 18 nitrogen and oxygen atoms in total. The molecule has 0 spiro atoms. The third-order valence-corrected chi connectivity index (χ3v) is 16.9. The highest BCUT2D eigenvalue weighted by Crippen LogP contribution is 2.45. The molecule has 3 fully saturated rings. The zero-order valence-corrected chi connectivity index (χ0v) is 38.1. The van der Waals surface area contributed by atoms with Crippen molar-refractivity contribution in [3.8, 4) is 0 Å². The van der Waals surface area contributed by atoms with E-state index >= 15 is 0 Å². The number of esters is 3. The molecule has 0 aliphatic carbocycles. The van der Waals surface area contributed by atoms with E-state index in [-0.39, 0.29) is 28.9 Å². The second-order valence-corrected chi connectivity index (χ2v) is 22.4. The molecular weight excluding hydrogens is 829 g/mol. The molecule has 0 saturated carbocycles. The quantitative estimate of drug-likeness (QED) is 0.135. The number of ether oxygens (including phenoxy) is 8. The first-order valence-electron chi connectivity index (χ1n) is 20.5. The predicted octanol–water partition coefficient (Wildman–Crippen LogP) is 3.53. The van der Waals surface area contributed by atoms with Crippen molar-refractivity contribution >= 4 is 49.9 Å². The number of carbonyl (C=O) groups is 7. The van der Waals surface area contributed by atoms with E-state index in [0.717, 1.165) is 30.6 Å². The van der Waals surface area contributed by atoms with Gasteiger partial charge < -0.3 is 42.3 Å². The van der Waals surface area contributed by atoms with Crippen LogP contribution in [0.4, 0.5) is 0 Å². The van der Waals surface area contributed by atoms with E-state index in [1.54, 1.807) is 24.3 Å². The van der Waals surface area contributed by atoms with Crippen LogP contribution in [0.15, 0.2) is 52.6 Å². The molecule has 0 unspecified atom stereocenters. The number of rotatable bonds is 11. The van der Waals surface area contributed by atoms with Crippen LogP contribution >= 0.6 is 0 Å². The summed E-state index contributed by atoms with van der Waals surface area (Å²) in [6.45, 7) is 18.6. The Hall–Kier alpha value is -4.63. The van der Waals surface area contributed by atoms with Crippen LogP contribution in [-0.2, 0) is 75.9 Å². The van der Waals surface area contributed by atoms with E-state index in [1.807, 2.05) is 39.9 Å². The second-order valence-electron chi connectivity index (χ2n) is 17.6. The molecule has 338 valence electrons. The molecule has 4 amide bonds. The molecule has 0 aromatic heterocycles. The first-order chi connectivity index (χ1) is 28.9. The van der Waals surface area contributed by atoms with E-state index in [0.29, 0.717) is 5.56 Å². The van der Waals surface area contributed by atoms with E-state index in [9.17, 15) is 33.6 Å². The van der Waals surface area contributed by atoms with Gasteiger partial charge in [-0.1, -0.05) is 51.1 Å². The highest BCUT2D eigenvalue weighted by Gasteiger charge is 2.62. The number of benzene rings is 1. The number of imide groups is 2. The topological polar surface area (TPSA) is 209 Å². The minimum atomic E-state index is -2.84. The number of fused-ring (bicyclic) bond motifs is 1. The van der Waals surface area contributed by atoms with Crippen LogP contribution in [0.5, 0.6) is 0 Å². The summed E-state index contributed by atoms with van der Waals surface area (Å²) in [6.07, 6.45) is -12.5. The van der Waals surface area contributed by atoms with Gasteiger partial charge in [0.2, 0.25) is 0 Å². The van der Waals surface area contributed by atoms with Crippen LogP contribution in [-0.4, -0.2) is 134 Å². The summed E-state index contributed by atoms with van der Waals surface area (Å²) in [6, 6.07) is 5.87. The average molecular weight is 885 g/mol. The van der Waals surface area contributed by atoms with Crippen LogP contribution < -0.4 is 0 Å². The Morgan fingerprint density at radius 3 is 1.68 bits per heavy atom. The van der Waals surface area contributed by atoms with Crippen LogP contribution in [0, 0.1) is 0 Å².